The van der Waals surface area contributed by atoms with Crippen molar-refractivity contribution in [2.45, 2.75) is 30.6 Å². The molecule has 0 saturated heterocycles. The minimum Gasteiger partial charge on any atom is -0.326 e. The van der Waals surface area contributed by atoms with E-state index < -0.39 is 9.84 Å². The summed E-state index contributed by atoms with van der Waals surface area (Å²) in [6.07, 6.45) is 3.18. The van der Waals surface area contributed by atoms with Gasteiger partial charge in [0.15, 0.2) is 9.84 Å². The fraction of sp³-hybridized carbons (Fsp3) is 0.278. The van der Waals surface area contributed by atoms with Crippen LogP contribution in [0.4, 0.5) is 5.69 Å². The van der Waals surface area contributed by atoms with Gasteiger partial charge in [-0.3, -0.25) is 4.79 Å². The minimum absolute atomic E-state index is 0.0813. The highest BCUT2D eigenvalue weighted by Gasteiger charge is 2.17. The number of amides is 1. The number of sulfone groups is 1. The second-order valence-corrected chi connectivity index (χ2v) is 8.45. The monoisotopic (exact) mass is 363 g/mol. The summed E-state index contributed by atoms with van der Waals surface area (Å²) in [7, 11) is -3.49. The number of fused-ring (bicyclic) bond motifs is 1. The molecule has 1 N–H and O–H groups in total. The normalized spacial score (nSPS) is 13.5. The summed E-state index contributed by atoms with van der Waals surface area (Å²) < 4.78 is 24.5. The van der Waals surface area contributed by atoms with Gasteiger partial charge < -0.3 is 5.32 Å². The summed E-state index contributed by atoms with van der Waals surface area (Å²) in [5, 5.41) is 3.26. The maximum atomic E-state index is 12.2. The van der Waals surface area contributed by atoms with E-state index in [1.165, 1.54) is 35.4 Å². The Morgan fingerprint density at radius 1 is 1.04 bits per heavy atom. The molecule has 0 saturated carbocycles. The van der Waals surface area contributed by atoms with E-state index in [1.54, 1.807) is 0 Å². The fourth-order valence-electron chi connectivity index (χ4n) is 2.86. The van der Waals surface area contributed by atoms with Gasteiger partial charge in [-0.15, -0.1) is 0 Å². The van der Waals surface area contributed by atoms with E-state index in [2.05, 4.69) is 5.32 Å². The first kappa shape index (κ1) is 17.0. The third-order valence-corrected chi connectivity index (χ3v) is 6.14. The molecular weight excluding hydrogens is 346 g/mol. The molecule has 1 aliphatic rings. The maximum absolute atomic E-state index is 12.2. The summed E-state index contributed by atoms with van der Waals surface area (Å²) in [6, 6.07) is 11.8. The Labute approximate surface area is 146 Å². The van der Waals surface area contributed by atoms with Crippen LogP contribution in [0, 0.1) is 0 Å². The third kappa shape index (κ3) is 3.97. The molecule has 1 amide bonds. The van der Waals surface area contributed by atoms with E-state index in [4.69, 9.17) is 11.6 Å². The van der Waals surface area contributed by atoms with Crippen molar-refractivity contribution >= 4 is 33.0 Å². The summed E-state index contributed by atoms with van der Waals surface area (Å²) in [4.78, 5) is 12.2. The van der Waals surface area contributed by atoms with Crippen molar-refractivity contribution in [3.63, 3.8) is 0 Å². The van der Waals surface area contributed by atoms with Gasteiger partial charge in [0.1, 0.15) is 0 Å². The van der Waals surface area contributed by atoms with Crippen LogP contribution in [0.25, 0.3) is 0 Å². The van der Waals surface area contributed by atoms with E-state index in [-0.39, 0.29) is 23.0 Å². The SMILES string of the molecule is O=C(CCS(=O)(=O)c1ccc(Cl)cc1)Nc1ccc2c(c1)CCC2. The average Bonchev–Trinajstić information content (AvgIpc) is 3.01. The molecule has 0 spiro atoms. The molecule has 0 unspecified atom stereocenters. The highest BCUT2D eigenvalue weighted by molar-refractivity contribution is 7.91. The lowest BCUT2D eigenvalue weighted by Crippen LogP contribution is -2.17. The Morgan fingerprint density at radius 3 is 2.50 bits per heavy atom. The molecule has 0 heterocycles. The highest BCUT2D eigenvalue weighted by atomic mass is 35.5. The van der Waals surface area contributed by atoms with Gasteiger partial charge in [0, 0.05) is 17.1 Å². The summed E-state index contributed by atoms with van der Waals surface area (Å²) in [5.74, 6) is -0.531. The zero-order chi connectivity index (χ0) is 17.2. The van der Waals surface area contributed by atoms with Crippen molar-refractivity contribution in [1.29, 1.82) is 0 Å². The summed E-state index contributed by atoms with van der Waals surface area (Å²) >= 11 is 5.76. The Hall–Kier alpha value is -1.85. The van der Waals surface area contributed by atoms with E-state index >= 15 is 0 Å². The smallest absolute Gasteiger partial charge is 0.225 e. The number of halogens is 1. The lowest BCUT2D eigenvalue weighted by molar-refractivity contribution is -0.115. The zero-order valence-electron chi connectivity index (χ0n) is 13.1. The van der Waals surface area contributed by atoms with E-state index in [0.29, 0.717) is 5.02 Å². The van der Waals surface area contributed by atoms with Crippen LogP contribution in [0.1, 0.15) is 24.0 Å². The van der Waals surface area contributed by atoms with Crippen LogP contribution >= 0.6 is 11.6 Å². The number of carbonyl (C=O) groups excluding carboxylic acids is 1. The largest absolute Gasteiger partial charge is 0.326 e. The number of aryl methyl sites for hydroxylation is 2. The molecule has 24 heavy (non-hydrogen) atoms. The quantitative estimate of drug-likeness (QED) is 0.882. The van der Waals surface area contributed by atoms with Crippen molar-refractivity contribution in [1.82, 2.24) is 0 Å². The van der Waals surface area contributed by atoms with Gasteiger partial charge >= 0.3 is 0 Å². The van der Waals surface area contributed by atoms with Gasteiger partial charge in [0.05, 0.1) is 10.6 Å². The van der Waals surface area contributed by atoms with Gasteiger partial charge in [0.2, 0.25) is 5.91 Å². The van der Waals surface area contributed by atoms with Gasteiger partial charge in [-0.2, -0.15) is 0 Å². The van der Waals surface area contributed by atoms with Crippen LogP contribution in [0.15, 0.2) is 47.4 Å². The highest BCUT2D eigenvalue weighted by Crippen LogP contribution is 2.25. The topological polar surface area (TPSA) is 63.2 Å². The first-order valence-electron chi connectivity index (χ1n) is 7.84. The van der Waals surface area contributed by atoms with Crippen molar-refractivity contribution in [3.8, 4) is 0 Å². The van der Waals surface area contributed by atoms with Gasteiger partial charge in [0.25, 0.3) is 0 Å². The second-order valence-electron chi connectivity index (χ2n) is 5.91. The van der Waals surface area contributed by atoms with E-state index in [9.17, 15) is 13.2 Å². The van der Waals surface area contributed by atoms with Crippen molar-refractivity contribution in [3.05, 3.63) is 58.6 Å². The molecule has 0 radical (unpaired) electrons. The fourth-order valence-corrected chi connectivity index (χ4v) is 4.23. The predicted octanol–water partition coefficient (Wildman–Crippen LogP) is 3.63. The molecule has 0 atom stereocenters. The van der Waals surface area contributed by atoms with Gasteiger partial charge in [-0.05, 0) is 66.8 Å². The number of rotatable bonds is 5. The van der Waals surface area contributed by atoms with Gasteiger partial charge in [-0.25, -0.2) is 8.42 Å². The van der Waals surface area contributed by atoms with E-state index in [0.717, 1.165) is 24.9 Å². The van der Waals surface area contributed by atoms with Crippen molar-refractivity contribution in [2.75, 3.05) is 11.1 Å². The van der Waals surface area contributed by atoms with Crippen LogP contribution in [0.2, 0.25) is 5.02 Å². The molecule has 4 nitrogen and oxygen atoms in total. The molecule has 0 bridgehead atoms. The van der Waals surface area contributed by atoms with Crippen molar-refractivity contribution in [2.24, 2.45) is 0 Å². The van der Waals surface area contributed by atoms with Crippen molar-refractivity contribution < 1.29 is 13.2 Å². The zero-order valence-corrected chi connectivity index (χ0v) is 14.7. The first-order chi connectivity index (χ1) is 11.4. The lowest BCUT2D eigenvalue weighted by atomic mass is 10.1. The van der Waals surface area contributed by atoms with Crippen LogP contribution < -0.4 is 5.32 Å². The molecule has 2 aromatic carbocycles. The number of carbonyl (C=O) groups is 1. The third-order valence-electron chi connectivity index (χ3n) is 4.15. The Kier molecular flexibility index (Phi) is 4.92. The molecule has 6 heteroatoms. The molecule has 0 aromatic heterocycles. The Morgan fingerprint density at radius 2 is 1.75 bits per heavy atom. The molecule has 0 fully saturated rings. The standard InChI is InChI=1S/C18H18ClNO3S/c19-15-5-8-17(9-6-15)24(22,23)11-10-18(21)20-16-7-4-13-2-1-3-14(13)12-16/h4-9,12H,1-3,10-11H2,(H,20,21). The van der Waals surface area contributed by atoms with Crippen LogP contribution in [0.3, 0.4) is 0 Å². The molecule has 1 aliphatic carbocycles. The van der Waals surface area contributed by atoms with Crippen LogP contribution in [-0.2, 0) is 27.5 Å². The molecular formula is C18H18ClNO3S. The summed E-state index contributed by atoms with van der Waals surface area (Å²) in [6.45, 7) is 0. The number of hydrogen-bond donors (Lipinski definition) is 1. The predicted molar refractivity (Wildman–Crippen MR) is 95.2 cm³/mol. The van der Waals surface area contributed by atoms with Crippen LogP contribution in [-0.4, -0.2) is 20.1 Å². The molecule has 126 valence electrons. The number of benzene rings is 2. The number of anilines is 1. The minimum atomic E-state index is -3.49. The summed E-state index contributed by atoms with van der Waals surface area (Å²) in [5.41, 5.74) is 3.32. The average molecular weight is 364 g/mol. The maximum Gasteiger partial charge on any atom is 0.225 e. The van der Waals surface area contributed by atoms with Gasteiger partial charge in [-0.1, -0.05) is 17.7 Å². The Bertz CT molecular complexity index is 860. The number of hydrogen-bond acceptors (Lipinski definition) is 3. The molecule has 0 aliphatic heterocycles. The molecule has 2 aromatic rings. The lowest BCUT2D eigenvalue weighted by Gasteiger charge is -2.08. The van der Waals surface area contributed by atoms with E-state index in [1.807, 2.05) is 18.2 Å². The van der Waals surface area contributed by atoms with Crippen LogP contribution in [0.5, 0.6) is 0 Å². The first-order valence-corrected chi connectivity index (χ1v) is 9.87. The molecule has 3 rings (SSSR count). The Balaban J connectivity index is 1.60. The number of nitrogens with one attached hydrogen (secondary N) is 1. The second kappa shape index (κ2) is 6.95.